The SMILES string of the molecule is Cc1ccc(CN(c2ncnc(NC[C@H]3CCN(CC(N)=O)C[C@@H]3O)c2F)C2CC2)cc1. The molecule has 172 valence electrons. The Labute approximate surface area is 187 Å². The molecule has 1 saturated heterocycles. The third kappa shape index (κ3) is 5.52. The molecule has 1 aliphatic heterocycles. The lowest BCUT2D eigenvalue weighted by Crippen LogP contribution is -2.48. The fourth-order valence-electron chi connectivity index (χ4n) is 4.21. The summed E-state index contributed by atoms with van der Waals surface area (Å²) in [6, 6.07) is 8.53. The van der Waals surface area contributed by atoms with E-state index < -0.39 is 17.8 Å². The van der Waals surface area contributed by atoms with E-state index in [9.17, 15) is 9.90 Å². The summed E-state index contributed by atoms with van der Waals surface area (Å²) < 4.78 is 15.4. The van der Waals surface area contributed by atoms with Crippen LogP contribution in [-0.4, -0.2) is 64.2 Å². The van der Waals surface area contributed by atoms with E-state index in [4.69, 9.17) is 5.73 Å². The van der Waals surface area contributed by atoms with Crippen molar-refractivity contribution in [2.75, 3.05) is 36.4 Å². The molecule has 4 N–H and O–H groups in total. The molecule has 2 atom stereocenters. The Morgan fingerprint density at radius 3 is 2.69 bits per heavy atom. The van der Waals surface area contributed by atoms with E-state index in [1.54, 1.807) is 0 Å². The summed E-state index contributed by atoms with van der Waals surface area (Å²) in [5, 5.41) is 13.5. The Morgan fingerprint density at radius 1 is 1.28 bits per heavy atom. The number of β-amino-alcohol motifs (C(OH)–C–C–N with tert-alkyl or cyclic N) is 1. The molecule has 2 aliphatic rings. The Bertz CT molecular complexity index is 937. The van der Waals surface area contributed by atoms with Gasteiger partial charge in [0, 0.05) is 31.6 Å². The van der Waals surface area contributed by atoms with Crippen LogP contribution in [0.1, 0.15) is 30.4 Å². The number of hydrogen-bond donors (Lipinski definition) is 3. The van der Waals surface area contributed by atoms with Gasteiger partial charge in [0.05, 0.1) is 12.6 Å². The second kappa shape index (κ2) is 9.79. The number of rotatable bonds is 9. The molecule has 9 heteroatoms. The number of aliphatic hydroxyl groups is 1. The van der Waals surface area contributed by atoms with Crippen molar-refractivity contribution < 1.29 is 14.3 Å². The normalized spacial score (nSPS) is 21.3. The fraction of sp³-hybridized carbons (Fsp3) is 0.522. The number of halogens is 1. The number of carbonyl (C=O) groups is 1. The minimum Gasteiger partial charge on any atom is -0.391 e. The maximum atomic E-state index is 15.4. The molecule has 2 aromatic rings. The van der Waals surface area contributed by atoms with E-state index in [-0.39, 0.29) is 24.3 Å². The first-order valence-electron chi connectivity index (χ1n) is 11.2. The molecule has 2 heterocycles. The van der Waals surface area contributed by atoms with Crippen molar-refractivity contribution in [2.45, 2.75) is 44.9 Å². The Morgan fingerprint density at radius 2 is 2.03 bits per heavy atom. The first-order valence-corrected chi connectivity index (χ1v) is 11.2. The number of benzene rings is 1. The quantitative estimate of drug-likeness (QED) is 0.542. The van der Waals surface area contributed by atoms with Crippen LogP contribution in [0.5, 0.6) is 0 Å². The molecular weight excluding hydrogens is 411 g/mol. The highest BCUT2D eigenvalue weighted by atomic mass is 19.1. The average molecular weight is 443 g/mol. The third-order valence-corrected chi connectivity index (χ3v) is 6.22. The number of carbonyl (C=O) groups excluding carboxylic acids is 1. The maximum Gasteiger partial charge on any atom is 0.231 e. The van der Waals surface area contributed by atoms with Gasteiger partial charge in [0.25, 0.3) is 0 Å². The van der Waals surface area contributed by atoms with Crippen molar-refractivity contribution in [3.63, 3.8) is 0 Å². The van der Waals surface area contributed by atoms with Crippen molar-refractivity contribution in [1.29, 1.82) is 0 Å². The van der Waals surface area contributed by atoms with Gasteiger partial charge in [0.1, 0.15) is 6.33 Å². The van der Waals surface area contributed by atoms with Crippen LogP contribution >= 0.6 is 0 Å². The van der Waals surface area contributed by atoms with Crippen LogP contribution in [-0.2, 0) is 11.3 Å². The van der Waals surface area contributed by atoms with Gasteiger partial charge < -0.3 is 21.1 Å². The number of aliphatic hydroxyl groups excluding tert-OH is 1. The highest BCUT2D eigenvalue weighted by molar-refractivity contribution is 5.75. The average Bonchev–Trinajstić information content (AvgIpc) is 3.59. The number of anilines is 2. The fourth-order valence-corrected chi connectivity index (χ4v) is 4.21. The summed E-state index contributed by atoms with van der Waals surface area (Å²) in [6.07, 6.45) is 3.49. The van der Waals surface area contributed by atoms with E-state index in [0.717, 1.165) is 18.4 Å². The smallest absolute Gasteiger partial charge is 0.231 e. The van der Waals surface area contributed by atoms with E-state index in [2.05, 4.69) is 39.6 Å². The molecule has 4 rings (SSSR count). The van der Waals surface area contributed by atoms with E-state index in [1.165, 1.54) is 11.9 Å². The van der Waals surface area contributed by atoms with Gasteiger partial charge in [-0.15, -0.1) is 0 Å². The van der Waals surface area contributed by atoms with Crippen molar-refractivity contribution in [1.82, 2.24) is 14.9 Å². The Kier molecular flexibility index (Phi) is 6.86. The first-order chi connectivity index (χ1) is 15.4. The number of piperidine rings is 1. The largest absolute Gasteiger partial charge is 0.391 e. The van der Waals surface area contributed by atoms with Crippen LogP contribution in [0.25, 0.3) is 0 Å². The molecule has 1 aromatic carbocycles. The molecule has 0 unspecified atom stereocenters. The van der Waals surface area contributed by atoms with Gasteiger partial charge in [0.15, 0.2) is 11.6 Å². The van der Waals surface area contributed by atoms with Gasteiger partial charge in [0.2, 0.25) is 11.7 Å². The van der Waals surface area contributed by atoms with Crippen molar-refractivity contribution in [2.24, 2.45) is 11.7 Å². The van der Waals surface area contributed by atoms with Gasteiger partial charge in [-0.1, -0.05) is 29.8 Å². The predicted molar refractivity (Wildman–Crippen MR) is 121 cm³/mol. The number of primary amides is 1. The highest BCUT2D eigenvalue weighted by Crippen LogP contribution is 2.34. The lowest BCUT2D eigenvalue weighted by molar-refractivity contribution is -0.120. The van der Waals surface area contributed by atoms with Crippen molar-refractivity contribution in [3.8, 4) is 0 Å². The van der Waals surface area contributed by atoms with E-state index in [0.29, 0.717) is 38.4 Å². The van der Waals surface area contributed by atoms with E-state index >= 15 is 4.39 Å². The van der Waals surface area contributed by atoms with Crippen LogP contribution in [0, 0.1) is 18.7 Å². The van der Waals surface area contributed by atoms with Crippen LogP contribution in [0.15, 0.2) is 30.6 Å². The molecule has 32 heavy (non-hydrogen) atoms. The summed E-state index contributed by atoms with van der Waals surface area (Å²) in [6.45, 7) is 4.20. The third-order valence-electron chi connectivity index (χ3n) is 6.22. The number of aryl methyl sites for hydroxylation is 1. The maximum absolute atomic E-state index is 15.4. The zero-order valence-electron chi connectivity index (χ0n) is 18.4. The number of likely N-dealkylation sites (tertiary alicyclic amines) is 1. The zero-order valence-corrected chi connectivity index (χ0v) is 18.4. The standard InChI is InChI=1S/C23H31FN6O2/c1-15-2-4-16(5-3-15)11-30(18-6-7-18)23-21(24)22(27-14-28-23)26-10-17-8-9-29(12-19(17)31)13-20(25)32/h2-5,14,17-19,31H,6-13H2,1H3,(H2,25,32)(H,26,27,28)/t17-,19+/m1/s1. The molecule has 1 amide bonds. The lowest BCUT2D eigenvalue weighted by atomic mass is 9.93. The molecule has 2 fully saturated rings. The second-order valence-electron chi connectivity index (χ2n) is 8.90. The Hall–Kier alpha value is -2.78. The summed E-state index contributed by atoms with van der Waals surface area (Å²) >= 11 is 0. The monoisotopic (exact) mass is 442 g/mol. The molecule has 1 saturated carbocycles. The Balaban J connectivity index is 1.41. The van der Waals surface area contributed by atoms with Gasteiger partial charge in [-0.05, 0) is 38.3 Å². The topological polar surface area (TPSA) is 108 Å². The molecule has 1 aliphatic carbocycles. The van der Waals surface area contributed by atoms with Crippen LogP contribution < -0.4 is 16.0 Å². The summed E-state index contributed by atoms with van der Waals surface area (Å²) in [5.41, 5.74) is 7.54. The van der Waals surface area contributed by atoms with Crippen LogP contribution in [0.4, 0.5) is 16.0 Å². The summed E-state index contributed by atoms with van der Waals surface area (Å²) in [5.74, 6) is -0.481. The highest BCUT2D eigenvalue weighted by Gasteiger charge is 2.33. The zero-order chi connectivity index (χ0) is 22.7. The van der Waals surface area contributed by atoms with Crippen LogP contribution in [0.2, 0.25) is 0 Å². The number of nitrogens with zero attached hydrogens (tertiary/aromatic N) is 4. The van der Waals surface area contributed by atoms with Gasteiger partial charge >= 0.3 is 0 Å². The number of aromatic nitrogens is 2. The number of nitrogens with one attached hydrogen (secondary N) is 1. The van der Waals surface area contributed by atoms with Gasteiger partial charge in [-0.2, -0.15) is 4.39 Å². The van der Waals surface area contributed by atoms with Crippen molar-refractivity contribution >= 4 is 17.5 Å². The molecular formula is C23H31FN6O2. The van der Waals surface area contributed by atoms with E-state index in [1.807, 2.05) is 16.7 Å². The van der Waals surface area contributed by atoms with Crippen molar-refractivity contribution in [3.05, 3.63) is 47.5 Å². The first kappa shape index (κ1) is 22.4. The minimum atomic E-state index is -0.621. The summed E-state index contributed by atoms with van der Waals surface area (Å²) in [7, 11) is 0. The molecule has 0 spiro atoms. The van der Waals surface area contributed by atoms with Crippen LogP contribution in [0.3, 0.4) is 0 Å². The van der Waals surface area contributed by atoms with Gasteiger partial charge in [-0.25, -0.2) is 9.97 Å². The number of nitrogens with two attached hydrogens (primary N) is 1. The minimum absolute atomic E-state index is 0.0657. The van der Waals surface area contributed by atoms with Gasteiger partial charge in [-0.3, -0.25) is 9.69 Å². The number of amides is 1. The summed E-state index contributed by atoms with van der Waals surface area (Å²) in [4.78, 5) is 23.3. The molecule has 0 bridgehead atoms. The molecule has 1 aromatic heterocycles. The second-order valence-corrected chi connectivity index (χ2v) is 8.90. The lowest BCUT2D eigenvalue weighted by Gasteiger charge is -2.35. The molecule has 0 radical (unpaired) electrons. The number of hydrogen-bond acceptors (Lipinski definition) is 7. The predicted octanol–water partition coefficient (Wildman–Crippen LogP) is 1.67. The molecule has 8 nitrogen and oxygen atoms in total.